The number of anilines is 1. The van der Waals surface area contributed by atoms with Crippen molar-refractivity contribution >= 4 is 17.4 Å². The Morgan fingerprint density at radius 1 is 0.871 bits per heavy atom. The molecular formula is C24H17ClF3N3. The second-order valence-electron chi connectivity index (χ2n) is 7.37. The highest BCUT2D eigenvalue weighted by Crippen LogP contribution is 2.39. The fraction of sp³-hybridized carbons (Fsp3) is 0.125. The molecule has 2 heterocycles. The van der Waals surface area contributed by atoms with Crippen LogP contribution in [-0.2, 0) is 12.6 Å². The Morgan fingerprint density at radius 3 is 2.26 bits per heavy atom. The highest BCUT2D eigenvalue weighted by Gasteiger charge is 2.32. The molecule has 4 aromatic rings. The molecular weight excluding hydrogens is 423 g/mol. The molecule has 0 bridgehead atoms. The maximum absolute atomic E-state index is 13.2. The number of nitrogens with one attached hydrogen (secondary N) is 1. The zero-order valence-electron chi connectivity index (χ0n) is 16.2. The predicted molar refractivity (Wildman–Crippen MR) is 117 cm³/mol. The molecule has 7 heteroatoms. The van der Waals surface area contributed by atoms with Crippen molar-refractivity contribution in [3.05, 3.63) is 88.9 Å². The fourth-order valence-electron chi connectivity index (χ4n) is 3.88. The Balaban J connectivity index is 1.59. The van der Waals surface area contributed by atoms with Gasteiger partial charge >= 0.3 is 6.18 Å². The van der Waals surface area contributed by atoms with Crippen LogP contribution < -0.4 is 5.32 Å². The summed E-state index contributed by atoms with van der Waals surface area (Å²) in [7, 11) is 0. The number of hydrogen-bond donors (Lipinski definition) is 1. The van der Waals surface area contributed by atoms with Crippen LogP contribution in [0.2, 0.25) is 5.02 Å². The zero-order valence-corrected chi connectivity index (χ0v) is 17.0. The van der Waals surface area contributed by atoms with Gasteiger partial charge in [0.2, 0.25) is 0 Å². The van der Waals surface area contributed by atoms with Crippen LogP contribution in [0, 0.1) is 0 Å². The van der Waals surface area contributed by atoms with Gasteiger partial charge in [-0.15, -0.1) is 0 Å². The lowest BCUT2D eigenvalue weighted by Crippen LogP contribution is -2.09. The van der Waals surface area contributed by atoms with Crippen molar-refractivity contribution in [2.45, 2.75) is 12.6 Å². The van der Waals surface area contributed by atoms with Gasteiger partial charge in [0.05, 0.1) is 22.0 Å². The number of benzene rings is 3. The summed E-state index contributed by atoms with van der Waals surface area (Å²) in [6.07, 6.45) is -3.72. The molecule has 0 saturated heterocycles. The first-order valence-electron chi connectivity index (χ1n) is 9.80. The Kier molecular flexibility index (Phi) is 4.74. The van der Waals surface area contributed by atoms with Gasteiger partial charge in [-0.25, -0.2) is 4.68 Å². The highest BCUT2D eigenvalue weighted by atomic mass is 35.5. The Bertz CT molecular complexity index is 1250. The summed E-state index contributed by atoms with van der Waals surface area (Å²) < 4.78 is 41.2. The second kappa shape index (κ2) is 7.46. The standard InChI is InChI=1S/C24H17ClF3N3/c25-20-11-10-18(24(26,27)28)14-21(20)31-23-19(12-13-29-23)22(30-31)17-8-6-16(7-9-17)15-4-2-1-3-5-15/h1-11,14,29H,12-13H2. The molecule has 1 aliphatic rings. The Hall–Kier alpha value is -3.25. The molecule has 31 heavy (non-hydrogen) atoms. The zero-order chi connectivity index (χ0) is 21.6. The molecule has 0 unspecified atom stereocenters. The topological polar surface area (TPSA) is 29.9 Å². The van der Waals surface area contributed by atoms with Gasteiger partial charge in [0.15, 0.2) is 0 Å². The normalized spacial score (nSPS) is 13.2. The van der Waals surface area contributed by atoms with Crippen molar-refractivity contribution in [2.75, 3.05) is 11.9 Å². The van der Waals surface area contributed by atoms with Crippen LogP contribution in [0.15, 0.2) is 72.8 Å². The molecule has 3 aromatic carbocycles. The van der Waals surface area contributed by atoms with Crippen LogP contribution in [0.5, 0.6) is 0 Å². The largest absolute Gasteiger partial charge is 0.416 e. The molecule has 0 saturated carbocycles. The first kappa shape index (κ1) is 19.7. The number of rotatable bonds is 3. The van der Waals surface area contributed by atoms with Gasteiger partial charge in [-0.1, -0.05) is 66.2 Å². The Morgan fingerprint density at radius 2 is 1.55 bits per heavy atom. The average molecular weight is 440 g/mol. The van der Waals surface area contributed by atoms with Gasteiger partial charge in [0.25, 0.3) is 0 Å². The second-order valence-corrected chi connectivity index (χ2v) is 7.78. The van der Waals surface area contributed by atoms with Gasteiger partial charge < -0.3 is 5.32 Å². The summed E-state index contributed by atoms with van der Waals surface area (Å²) in [5.41, 5.74) is 4.26. The summed E-state index contributed by atoms with van der Waals surface area (Å²) in [4.78, 5) is 0. The fourth-order valence-corrected chi connectivity index (χ4v) is 4.08. The predicted octanol–water partition coefficient (Wildman–Crippen LogP) is 6.85. The third kappa shape index (κ3) is 3.57. The molecule has 0 atom stereocenters. The summed E-state index contributed by atoms with van der Waals surface area (Å²) in [5.74, 6) is 0.684. The van der Waals surface area contributed by atoms with Crippen molar-refractivity contribution in [3.63, 3.8) is 0 Å². The van der Waals surface area contributed by atoms with Crippen LogP contribution in [-0.4, -0.2) is 16.3 Å². The average Bonchev–Trinajstić information content (AvgIpc) is 3.37. The summed E-state index contributed by atoms with van der Waals surface area (Å²) in [5, 5.41) is 8.11. The lowest BCUT2D eigenvalue weighted by Gasteiger charge is -2.12. The van der Waals surface area contributed by atoms with Crippen molar-refractivity contribution in [1.29, 1.82) is 0 Å². The smallest absolute Gasteiger partial charge is 0.369 e. The summed E-state index contributed by atoms with van der Waals surface area (Å²) in [6.45, 7) is 0.693. The van der Waals surface area contributed by atoms with Gasteiger partial charge in [0.1, 0.15) is 5.82 Å². The van der Waals surface area contributed by atoms with Gasteiger partial charge in [-0.2, -0.15) is 18.3 Å². The lowest BCUT2D eigenvalue weighted by atomic mass is 10.0. The van der Waals surface area contributed by atoms with Crippen molar-refractivity contribution in [3.8, 4) is 28.1 Å². The maximum atomic E-state index is 13.2. The van der Waals surface area contributed by atoms with E-state index >= 15 is 0 Å². The monoisotopic (exact) mass is 439 g/mol. The van der Waals surface area contributed by atoms with E-state index in [1.54, 1.807) is 0 Å². The van der Waals surface area contributed by atoms with Crippen LogP contribution in [0.1, 0.15) is 11.1 Å². The Labute approximate surface area is 182 Å². The number of alkyl halides is 3. The quantitative estimate of drug-likeness (QED) is 0.378. The third-order valence-corrected chi connectivity index (χ3v) is 5.74. The van der Waals surface area contributed by atoms with Crippen molar-refractivity contribution in [1.82, 2.24) is 9.78 Å². The number of nitrogens with zero attached hydrogens (tertiary/aromatic N) is 2. The van der Waals surface area contributed by atoms with E-state index in [1.165, 1.54) is 10.7 Å². The van der Waals surface area contributed by atoms with Crippen molar-refractivity contribution < 1.29 is 13.2 Å². The first-order chi connectivity index (χ1) is 14.9. The summed E-state index contributed by atoms with van der Waals surface area (Å²) >= 11 is 6.27. The minimum Gasteiger partial charge on any atom is -0.369 e. The molecule has 0 spiro atoms. The molecule has 0 amide bonds. The number of fused-ring (bicyclic) bond motifs is 1. The van der Waals surface area contributed by atoms with E-state index in [0.29, 0.717) is 12.4 Å². The number of aromatic nitrogens is 2. The third-order valence-electron chi connectivity index (χ3n) is 5.42. The molecule has 156 valence electrons. The minimum absolute atomic E-state index is 0.203. The van der Waals surface area contributed by atoms with E-state index in [9.17, 15) is 13.2 Å². The number of halogens is 4. The van der Waals surface area contributed by atoms with Crippen LogP contribution >= 0.6 is 11.6 Å². The van der Waals surface area contributed by atoms with Crippen LogP contribution in [0.4, 0.5) is 19.0 Å². The molecule has 1 N–H and O–H groups in total. The van der Waals surface area contributed by atoms with E-state index in [1.807, 2.05) is 54.6 Å². The maximum Gasteiger partial charge on any atom is 0.416 e. The highest BCUT2D eigenvalue weighted by molar-refractivity contribution is 6.32. The summed E-state index contributed by atoms with van der Waals surface area (Å²) in [6, 6.07) is 21.3. The van der Waals surface area contributed by atoms with Gasteiger partial charge in [-0.3, -0.25) is 0 Å². The number of hydrogen-bond acceptors (Lipinski definition) is 2. The van der Waals surface area contributed by atoms with E-state index < -0.39 is 11.7 Å². The molecule has 1 aromatic heterocycles. The lowest BCUT2D eigenvalue weighted by molar-refractivity contribution is -0.137. The molecule has 3 nitrogen and oxygen atoms in total. The van der Waals surface area contributed by atoms with Crippen LogP contribution in [0.25, 0.3) is 28.1 Å². The van der Waals surface area contributed by atoms with Crippen LogP contribution in [0.3, 0.4) is 0 Å². The first-order valence-corrected chi connectivity index (χ1v) is 10.2. The van der Waals surface area contributed by atoms with E-state index in [-0.39, 0.29) is 10.7 Å². The SMILES string of the molecule is FC(F)(F)c1ccc(Cl)c(-n2nc(-c3ccc(-c4ccccc4)cc3)c3c2NCC3)c1. The van der Waals surface area contributed by atoms with Gasteiger partial charge in [0, 0.05) is 17.7 Å². The molecule has 5 rings (SSSR count). The van der Waals surface area contributed by atoms with E-state index in [4.69, 9.17) is 11.6 Å². The van der Waals surface area contributed by atoms with Gasteiger partial charge in [-0.05, 0) is 35.7 Å². The van der Waals surface area contributed by atoms with E-state index in [0.717, 1.165) is 46.5 Å². The molecule has 0 aliphatic carbocycles. The molecule has 0 fully saturated rings. The molecule has 0 radical (unpaired) electrons. The van der Waals surface area contributed by atoms with E-state index in [2.05, 4.69) is 10.4 Å². The minimum atomic E-state index is -4.46. The molecule has 1 aliphatic heterocycles. The van der Waals surface area contributed by atoms with Crippen molar-refractivity contribution in [2.24, 2.45) is 0 Å².